The van der Waals surface area contributed by atoms with Crippen LogP contribution in [0, 0.1) is 5.92 Å². The summed E-state index contributed by atoms with van der Waals surface area (Å²) in [5.74, 6) is -8.96. The predicted molar refractivity (Wildman–Crippen MR) is 64.5 cm³/mol. The number of Topliss-reactive ketones (excluding diaryl/α,β-unsaturated/α-hetero) is 2. The lowest BCUT2D eigenvalue weighted by Gasteiger charge is -2.10. The molecule has 0 bridgehead atoms. The molecule has 0 heterocycles. The molecule has 0 N–H and O–H groups in total. The second-order valence-electron chi connectivity index (χ2n) is 4.02. The number of aldehydes is 1. The van der Waals surface area contributed by atoms with Crippen molar-refractivity contribution in [3.8, 4) is 0 Å². The molecular formula is C12H12O11. The third-order valence-corrected chi connectivity index (χ3v) is 2.11. The van der Waals surface area contributed by atoms with Gasteiger partial charge in [0.25, 0.3) is 0 Å². The second kappa shape index (κ2) is 9.76. The minimum Gasteiger partial charge on any atom is -0.303 e. The number of carbonyl (C=O) groups excluding carboxylic acids is 7. The summed E-state index contributed by atoms with van der Waals surface area (Å²) in [7, 11) is 0. The molecule has 0 fully saturated rings. The van der Waals surface area contributed by atoms with Crippen molar-refractivity contribution in [1.82, 2.24) is 0 Å². The van der Waals surface area contributed by atoms with Crippen LogP contribution in [-0.2, 0) is 53.1 Å². The average Bonchev–Trinajstić information content (AvgIpc) is 2.48. The van der Waals surface area contributed by atoms with Gasteiger partial charge < -0.3 is 4.79 Å². The Bertz CT molecular complexity index is 533. The molecular weight excluding hydrogens is 320 g/mol. The van der Waals surface area contributed by atoms with Crippen molar-refractivity contribution >= 4 is 41.7 Å². The molecule has 0 rings (SSSR count). The fourth-order valence-electron chi connectivity index (χ4n) is 0.963. The van der Waals surface area contributed by atoms with E-state index in [2.05, 4.69) is 19.6 Å². The van der Waals surface area contributed by atoms with E-state index in [9.17, 15) is 33.6 Å². The Balaban J connectivity index is 4.51. The van der Waals surface area contributed by atoms with Crippen LogP contribution in [0.25, 0.3) is 0 Å². The zero-order valence-electron chi connectivity index (χ0n) is 12.1. The van der Waals surface area contributed by atoms with Gasteiger partial charge in [0.05, 0.1) is 12.3 Å². The highest BCUT2D eigenvalue weighted by Crippen LogP contribution is 2.11. The van der Waals surface area contributed by atoms with Crippen LogP contribution in [0.3, 0.4) is 0 Å². The first kappa shape index (κ1) is 19.9. The summed E-state index contributed by atoms with van der Waals surface area (Å²) in [6.07, 6.45) is -1.01. The van der Waals surface area contributed by atoms with E-state index in [1.54, 1.807) is 0 Å². The van der Waals surface area contributed by atoms with Gasteiger partial charge in [0, 0.05) is 20.3 Å². The molecule has 0 radical (unpaired) electrons. The van der Waals surface area contributed by atoms with Crippen molar-refractivity contribution in [1.29, 1.82) is 0 Å². The first-order chi connectivity index (χ1) is 10.7. The lowest BCUT2D eigenvalue weighted by atomic mass is 10.0. The first-order valence-corrected chi connectivity index (χ1v) is 5.98. The summed E-state index contributed by atoms with van der Waals surface area (Å²) in [5.41, 5.74) is 0. The van der Waals surface area contributed by atoms with Gasteiger partial charge in [-0.3, -0.25) is 9.59 Å². The Morgan fingerprint density at radius 1 is 0.826 bits per heavy atom. The van der Waals surface area contributed by atoms with Crippen molar-refractivity contribution in [3.63, 3.8) is 0 Å². The first-order valence-electron chi connectivity index (χ1n) is 5.98. The Hall–Kier alpha value is -3.11. The summed E-state index contributed by atoms with van der Waals surface area (Å²) in [5, 5.41) is 0. The molecule has 1 atom stereocenters. The van der Waals surface area contributed by atoms with E-state index in [1.807, 2.05) is 0 Å². The Kier molecular flexibility index (Phi) is 8.44. The molecule has 0 aliphatic rings. The van der Waals surface area contributed by atoms with Crippen LogP contribution in [0.4, 0.5) is 0 Å². The molecule has 126 valence electrons. The maximum absolute atomic E-state index is 11.5. The molecule has 0 saturated carbocycles. The predicted octanol–water partition coefficient (Wildman–Crippen LogP) is -1.24. The lowest BCUT2D eigenvalue weighted by Crippen LogP contribution is -2.26. The van der Waals surface area contributed by atoms with Crippen molar-refractivity contribution in [3.05, 3.63) is 0 Å². The molecule has 23 heavy (non-hydrogen) atoms. The molecule has 0 aliphatic heterocycles. The summed E-state index contributed by atoms with van der Waals surface area (Å²) in [6, 6.07) is 0. The van der Waals surface area contributed by atoms with Crippen LogP contribution >= 0.6 is 0 Å². The molecule has 1 unspecified atom stereocenters. The van der Waals surface area contributed by atoms with E-state index in [4.69, 9.17) is 0 Å². The fourth-order valence-corrected chi connectivity index (χ4v) is 0.963. The molecule has 0 aromatic rings. The average molecular weight is 332 g/mol. The van der Waals surface area contributed by atoms with Crippen LogP contribution in [-0.4, -0.2) is 41.7 Å². The second-order valence-corrected chi connectivity index (χ2v) is 4.02. The minimum absolute atomic E-state index is 0.271. The highest BCUT2D eigenvalue weighted by atomic mass is 17.2. The SMILES string of the molecule is CC(=O)C(=O)OOC(=O)CC(CC=O)C(=O)OOC(=O)C(C)=O. The Labute approximate surface area is 128 Å². The quantitative estimate of drug-likeness (QED) is 0.238. The van der Waals surface area contributed by atoms with Gasteiger partial charge in [-0.1, -0.05) is 0 Å². The maximum atomic E-state index is 11.5. The normalized spacial score (nSPS) is 10.7. The number of ketones is 2. The largest absolute Gasteiger partial charge is 0.421 e. The summed E-state index contributed by atoms with van der Waals surface area (Å²) in [4.78, 5) is 91.6. The third-order valence-electron chi connectivity index (χ3n) is 2.11. The summed E-state index contributed by atoms with van der Waals surface area (Å²) < 4.78 is 0. The molecule has 0 spiro atoms. The standard InChI is InChI=1S/C12H12O11/c1-6(14)10(17)21-20-9(16)5-8(3-4-13)12(19)23-22-11(18)7(2)15/h4,8H,3,5H2,1-2H3. The minimum atomic E-state index is -1.46. The third kappa shape index (κ3) is 8.04. The van der Waals surface area contributed by atoms with Gasteiger partial charge in [-0.25, -0.2) is 38.7 Å². The number of rotatable bonds is 7. The molecule has 11 heteroatoms. The van der Waals surface area contributed by atoms with Gasteiger partial charge >= 0.3 is 23.9 Å². The van der Waals surface area contributed by atoms with E-state index in [1.165, 1.54) is 0 Å². The van der Waals surface area contributed by atoms with Gasteiger partial charge in [0.15, 0.2) is 0 Å². The fraction of sp³-hybridized carbons (Fsp3) is 0.417. The monoisotopic (exact) mass is 332 g/mol. The van der Waals surface area contributed by atoms with Gasteiger partial charge in [-0.15, -0.1) is 0 Å². The molecule has 0 aromatic carbocycles. The van der Waals surface area contributed by atoms with Crippen LogP contribution < -0.4 is 0 Å². The van der Waals surface area contributed by atoms with E-state index in [-0.39, 0.29) is 6.29 Å². The van der Waals surface area contributed by atoms with Crippen LogP contribution in [0.1, 0.15) is 26.7 Å². The molecule has 0 aromatic heterocycles. The van der Waals surface area contributed by atoms with E-state index in [0.29, 0.717) is 0 Å². The zero-order chi connectivity index (χ0) is 18.0. The molecule has 0 aliphatic carbocycles. The number of hydrogen-bond acceptors (Lipinski definition) is 11. The molecule has 0 amide bonds. The molecule has 11 nitrogen and oxygen atoms in total. The van der Waals surface area contributed by atoms with Crippen LogP contribution in [0.5, 0.6) is 0 Å². The summed E-state index contributed by atoms with van der Waals surface area (Å²) in [6.45, 7) is 1.73. The highest BCUT2D eigenvalue weighted by Gasteiger charge is 2.28. The van der Waals surface area contributed by atoms with Crippen molar-refractivity contribution < 1.29 is 53.1 Å². The van der Waals surface area contributed by atoms with E-state index < -0.39 is 54.2 Å². The van der Waals surface area contributed by atoms with Crippen LogP contribution in [0.2, 0.25) is 0 Å². The van der Waals surface area contributed by atoms with E-state index >= 15 is 0 Å². The Morgan fingerprint density at radius 3 is 1.74 bits per heavy atom. The van der Waals surface area contributed by atoms with Crippen molar-refractivity contribution in [2.75, 3.05) is 0 Å². The van der Waals surface area contributed by atoms with Crippen molar-refractivity contribution in [2.24, 2.45) is 5.92 Å². The smallest absolute Gasteiger partial charge is 0.303 e. The number of carbonyl (C=O) groups is 7. The molecule has 0 saturated heterocycles. The van der Waals surface area contributed by atoms with Gasteiger partial charge in [0.2, 0.25) is 11.6 Å². The van der Waals surface area contributed by atoms with Gasteiger partial charge in [0.1, 0.15) is 6.29 Å². The zero-order valence-corrected chi connectivity index (χ0v) is 12.1. The van der Waals surface area contributed by atoms with Gasteiger partial charge in [-0.05, 0) is 0 Å². The van der Waals surface area contributed by atoms with Crippen molar-refractivity contribution in [2.45, 2.75) is 26.7 Å². The van der Waals surface area contributed by atoms with E-state index in [0.717, 1.165) is 13.8 Å². The number of hydrogen-bond donors (Lipinski definition) is 0. The van der Waals surface area contributed by atoms with Crippen LogP contribution in [0.15, 0.2) is 0 Å². The topological polar surface area (TPSA) is 156 Å². The van der Waals surface area contributed by atoms with Gasteiger partial charge in [-0.2, -0.15) is 0 Å². The Morgan fingerprint density at radius 2 is 1.30 bits per heavy atom. The maximum Gasteiger partial charge on any atom is 0.421 e. The highest BCUT2D eigenvalue weighted by molar-refractivity contribution is 6.32. The summed E-state index contributed by atoms with van der Waals surface area (Å²) >= 11 is 0. The lowest BCUT2D eigenvalue weighted by molar-refractivity contribution is -0.264.